The first kappa shape index (κ1) is 16.2. The zero-order chi connectivity index (χ0) is 18.3. The molecule has 0 fully saturated rings. The van der Waals surface area contributed by atoms with Crippen molar-refractivity contribution in [2.24, 2.45) is 0 Å². The van der Waals surface area contributed by atoms with Crippen LogP contribution in [-0.2, 0) is 0 Å². The van der Waals surface area contributed by atoms with E-state index in [1.807, 2.05) is 0 Å². The quantitative estimate of drug-likeness (QED) is 0.579. The first-order valence-corrected chi connectivity index (χ1v) is 8.43. The van der Waals surface area contributed by atoms with Crippen LogP contribution in [-0.4, -0.2) is 23.0 Å². The van der Waals surface area contributed by atoms with Crippen molar-refractivity contribution in [3.05, 3.63) is 64.2 Å². The lowest BCUT2D eigenvalue weighted by atomic mass is 10.1. The number of fused-ring (bicyclic) bond motifs is 2. The fourth-order valence-corrected chi connectivity index (χ4v) is 3.50. The molecule has 0 saturated heterocycles. The highest BCUT2D eigenvalue weighted by Gasteiger charge is 2.15. The maximum absolute atomic E-state index is 13.3. The highest BCUT2D eigenvalue weighted by Crippen LogP contribution is 2.26. The molecule has 1 amide bonds. The highest BCUT2D eigenvalue weighted by molar-refractivity contribution is 7.22. The van der Waals surface area contributed by atoms with Crippen molar-refractivity contribution >= 4 is 43.5 Å². The Labute approximate surface area is 150 Å². The maximum Gasteiger partial charge on any atom is 0.262 e. The number of ether oxygens (including phenoxy) is 1. The smallest absolute Gasteiger partial charge is 0.262 e. The van der Waals surface area contributed by atoms with Gasteiger partial charge in [0.1, 0.15) is 17.1 Å². The zero-order valence-corrected chi connectivity index (χ0v) is 14.3. The molecule has 0 unspecified atom stereocenters. The van der Waals surface area contributed by atoms with E-state index < -0.39 is 11.3 Å². The van der Waals surface area contributed by atoms with Gasteiger partial charge in [0.05, 0.1) is 17.3 Å². The third-order valence-corrected chi connectivity index (χ3v) is 4.84. The van der Waals surface area contributed by atoms with Crippen LogP contribution < -0.4 is 15.5 Å². The van der Waals surface area contributed by atoms with E-state index in [0.717, 1.165) is 11.3 Å². The number of rotatable bonds is 3. The molecule has 2 heterocycles. The summed E-state index contributed by atoms with van der Waals surface area (Å²) in [5, 5.41) is 3.24. The number of nitrogens with one attached hydrogen (secondary N) is 2. The van der Waals surface area contributed by atoms with E-state index in [-0.39, 0.29) is 11.4 Å². The van der Waals surface area contributed by atoms with Crippen LogP contribution in [0.1, 0.15) is 10.4 Å². The molecule has 8 heteroatoms. The predicted octanol–water partition coefficient (Wildman–Crippen LogP) is 3.54. The second kappa shape index (κ2) is 6.23. The molecule has 2 N–H and O–H groups in total. The molecule has 2 aromatic heterocycles. The van der Waals surface area contributed by atoms with Gasteiger partial charge in [-0.25, -0.2) is 9.37 Å². The third-order valence-electron chi connectivity index (χ3n) is 3.90. The van der Waals surface area contributed by atoms with Gasteiger partial charge in [-0.05, 0) is 36.4 Å². The van der Waals surface area contributed by atoms with E-state index in [1.165, 1.54) is 31.5 Å². The standard InChI is InChI=1S/C18H12FN3O3S/c1-25-10-3-5-13-11(7-10)16(23)12(8-20-13)17(24)22-18-21-14-4-2-9(19)6-15(14)26-18/h2-8H,1H3,(H,20,23)(H,21,22,24). The van der Waals surface area contributed by atoms with Crippen LogP contribution >= 0.6 is 11.3 Å². The summed E-state index contributed by atoms with van der Waals surface area (Å²) in [6.45, 7) is 0. The number of aromatic amines is 1. The van der Waals surface area contributed by atoms with Gasteiger partial charge < -0.3 is 9.72 Å². The topological polar surface area (TPSA) is 84.1 Å². The summed E-state index contributed by atoms with van der Waals surface area (Å²) < 4.78 is 19.0. The molecule has 130 valence electrons. The fraction of sp³-hybridized carbons (Fsp3) is 0.0556. The minimum absolute atomic E-state index is 0.0452. The molecule has 0 saturated carbocycles. The minimum Gasteiger partial charge on any atom is -0.497 e. The zero-order valence-electron chi connectivity index (χ0n) is 13.5. The number of hydrogen-bond donors (Lipinski definition) is 2. The summed E-state index contributed by atoms with van der Waals surface area (Å²) in [6, 6.07) is 9.18. The number of amides is 1. The van der Waals surface area contributed by atoms with Gasteiger partial charge in [-0.3, -0.25) is 14.9 Å². The van der Waals surface area contributed by atoms with Gasteiger partial charge in [-0.15, -0.1) is 0 Å². The van der Waals surface area contributed by atoms with Crippen molar-refractivity contribution in [3.63, 3.8) is 0 Å². The van der Waals surface area contributed by atoms with E-state index in [1.54, 1.807) is 18.2 Å². The maximum atomic E-state index is 13.3. The lowest BCUT2D eigenvalue weighted by Gasteiger charge is -2.05. The van der Waals surface area contributed by atoms with E-state index in [0.29, 0.717) is 32.0 Å². The second-order valence-electron chi connectivity index (χ2n) is 5.53. The van der Waals surface area contributed by atoms with Crippen LogP contribution in [0, 0.1) is 5.82 Å². The molecular weight excluding hydrogens is 357 g/mol. The number of methoxy groups -OCH3 is 1. The van der Waals surface area contributed by atoms with Crippen molar-refractivity contribution < 1.29 is 13.9 Å². The number of benzene rings is 2. The minimum atomic E-state index is -0.588. The Bertz CT molecular complexity index is 1220. The summed E-state index contributed by atoms with van der Waals surface area (Å²) in [4.78, 5) is 32.3. The van der Waals surface area contributed by atoms with Gasteiger partial charge in [0.25, 0.3) is 5.91 Å². The Balaban J connectivity index is 1.70. The number of carbonyl (C=O) groups is 1. The van der Waals surface area contributed by atoms with Gasteiger partial charge in [0, 0.05) is 17.1 Å². The SMILES string of the molecule is COc1ccc2[nH]cc(C(=O)Nc3nc4ccc(F)cc4s3)c(=O)c2c1. The van der Waals surface area contributed by atoms with Gasteiger partial charge in [-0.2, -0.15) is 0 Å². The third kappa shape index (κ3) is 2.80. The molecule has 0 aliphatic rings. The highest BCUT2D eigenvalue weighted by atomic mass is 32.1. The Morgan fingerprint density at radius 3 is 2.92 bits per heavy atom. The molecule has 0 spiro atoms. The first-order valence-electron chi connectivity index (χ1n) is 7.62. The lowest BCUT2D eigenvalue weighted by Crippen LogP contribution is -2.21. The van der Waals surface area contributed by atoms with Gasteiger partial charge in [-0.1, -0.05) is 11.3 Å². The Morgan fingerprint density at radius 1 is 1.27 bits per heavy atom. The number of pyridine rings is 1. The van der Waals surface area contributed by atoms with Crippen molar-refractivity contribution in [3.8, 4) is 5.75 Å². The summed E-state index contributed by atoms with van der Waals surface area (Å²) >= 11 is 1.13. The summed E-state index contributed by atoms with van der Waals surface area (Å²) in [5.74, 6) is -0.441. The fourth-order valence-electron chi connectivity index (χ4n) is 2.61. The molecule has 26 heavy (non-hydrogen) atoms. The number of nitrogens with zero attached hydrogens (tertiary/aromatic N) is 1. The number of carbonyl (C=O) groups excluding carboxylic acids is 1. The van der Waals surface area contributed by atoms with E-state index in [2.05, 4.69) is 15.3 Å². The monoisotopic (exact) mass is 369 g/mol. The van der Waals surface area contributed by atoms with E-state index >= 15 is 0 Å². The van der Waals surface area contributed by atoms with Crippen molar-refractivity contribution in [1.29, 1.82) is 0 Å². The molecule has 0 aliphatic heterocycles. The molecule has 0 aliphatic carbocycles. The van der Waals surface area contributed by atoms with Gasteiger partial charge in [0.2, 0.25) is 5.43 Å². The van der Waals surface area contributed by atoms with Crippen LogP contribution in [0.4, 0.5) is 9.52 Å². The van der Waals surface area contributed by atoms with Crippen LogP contribution in [0.15, 0.2) is 47.4 Å². The second-order valence-corrected chi connectivity index (χ2v) is 6.56. The largest absolute Gasteiger partial charge is 0.497 e. The molecule has 4 rings (SSSR count). The molecule has 2 aromatic carbocycles. The number of H-pyrrole nitrogens is 1. The average molecular weight is 369 g/mol. The molecule has 6 nitrogen and oxygen atoms in total. The number of aromatic nitrogens is 2. The van der Waals surface area contributed by atoms with Crippen molar-refractivity contribution in [2.75, 3.05) is 12.4 Å². The van der Waals surface area contributed by atoms with Crippen LogP contribution in [0.2, 0.25) is 0 Å². The predicted molar refractivity (Wildman–Crippen MR) is 98.7 cm³/mol. The van der Waals surface area contributed by atoms with Crippen LogP contribution in [0.5, 0.6) is 5.75 Å². The Kier molecular flexibility index (Phi) is 3.89. The summed E-state index contributed by atoms with van der Waals surface area (Å²) in [7, 11) is 1.50. The normalized spacial score (nSPS) is 11.0. The number of thiazole rings is 1. The van der Waals surface area contributed by atoms with Gasteiger partial charge >= 0.3 is 0 Å². The molecule has 0 radical (unpaired) electrons. The van der Waals surface area contributed by atoms with Crippen molar-refractivity contribution in [1.82, 2.24) is 9.97 Å². The first-order chi connectivity index (χ1) is 12.5. The van der Waals surface area contributed by atoms with Crippen molar-refractivity contribution in [2.45, 2.75) is 0 Å². The van der Waals surface area contributed by atoms with Crippen LogP contribution in [0.3, 0.4) is 0 Å². The number of hydrogen-bond acceptors (Lipinski definition) is 5. The Hall–Kier alpha value is -3.26. The summed E-state index contributed by atoms with van der Waals surface area (Å²) in [6.07, 6.45) is 1.36. The average Bonchev–Trinajstić information content (AvgIpc) is 3.03. The van der Waals surface area contributed by atoms with Gasteiger partial charge in [0.15, 0.2) is 5.13 Å². The van der Waals surface area contributed by atoms with Crippen LogP contribution in [0.25, 0.3) is 21.1 Å². The number of anilines is 1. The summed E-state index contributed by atoms with van der Waals surface area (Å²) in [5.41, 5.74) is 0.713. The Morgan fingerprint density at radius 2 is 2.12 bits per heavy atom. The molecule has 0 atom stereocenters. The van der Waals surface area contributed by atoms with E-state index in [4.69, 9.17) is 4.74 Å². The van der Waals surface area contributed by atoms with E-state index in [9.17, 15) is 14.0 Å². The molecular formula is C18H12FN3O3S. The molecule has 4 aromatic rings. The lowest BCUT2D eigenvalue weighted by molar-refractivity contribution is 0.102. The molecule has 0 bridgehead atoms. The number of halogens is 1.